The number of hydrogen-bond donors (Lipinski definition) is 0. The van der Waals surface area contributed by atoms with Crippen molar-refractivity contribution in [3.8, 4) is 0 Å². The van der Waals surface area contributed by atoms with Crippen molar-refractivity contribution in [3.05, 3.63) is 23.5 Å². The first kappa shape index (κ1) is 15.4. The summed E-state index contributed by atoms with van der Waals surface area (Å²) < 4.78 is 20.6. The maximum absolute atomic E-state index is 14.3. The van der Waals surface area contributed by atoms with Crippen LogP contribution in [0.2, 0.25) is 0 Å². The predicted octanol–water partition coefficient (Wildman–Crippen LogP) is 4.78. The van der Waals surface area contributed by atoms with E-state index in [1.54, 1.807) is 6.08 Å². The van der Waals surface area contributed by atoms with Gasteiger partial charge in [0, 0.05) is 5.41 Å². The van der Waals surface area contributed by atoms with E-state index in [1.807, 2.05) is 0 Å². The Balaban J connectivity index is 1.34. The van der Waals surface area contributed by atoms with E-state index in [9.17, 15) is 9.18 Å². The minimum Gasteiger partial charge on any atom is -0.493 e. The molecule has 0 aromatic heterocycles. The zero-order valence-electron chi connectivity index (χ0n) is 13.8. The highest BCUT2D eigenvalue weighted by Gasteiger charge is 2.58. The molecule has 0 saturated heterocycles. The van der Waals surface area contributed by atoms with E-state index in [1.165, 1.54) is 38.2 Å². The molecule has 0 radical (unpaired) electrons. The summed E-state index contributed by atoms with van der Waals surface area (Å²) in [6.07, 6.45) is 10.9. The summed E-state index contributed by atoms with van der Waals surface area (Å²) >= 11 is 5.57. The fraction of sp³-hybridized carbons (Fsp3) is 0.750. The molecule has 4 atom stereocenters. The van der Waals surface area contributed by atoms with Crippen LogP contribution in [0.5, 0.6) is 0 Å². The molecule has 130 valence electrons. The Bertz CT molecular complexity index is 622. The first-order valence-corrected chi connectivity index (χ1v) is 9.82. The molecule has 0 aliphatic heterocycles. The average Bonchev–Trinajstić information content (AvgIpc) is 3.29. The van der Waals surface area contributed by atoms with Crippen LogP contribution in [0.1, 0.15) is 44.9 Å². The van der Waals surface area contributed by atoms with Gasteiger partial charge in [0.15, 0.2) is 0 Å². The molecule has 4 heteroatoms. The molecule has 4 bridgehead atoms. The lowest BCUT2D eigenvalue weighted by Gasteiger charge is -2.34. The SMILES string of the molecule is O=C(Cl)C1C=C(C2CC2)C(OCC23CC4CC(CC2C4)C3)=CC1F. The van der Waals surface area contributed by atoms with Crippen LogP contribution in [0.15, 0.2) is 23.5 Å². The van der Waals surface area contributed by atoms with Gasteiger partial charge in [-0.05, 0) is 91.9 Å². The van der Waals surface area contributed by atoms with Crippen LogP contribution in [0.3, 0.4) is 0 Å². The topological polar surface area (TPSA) is 26.3 Å². The summed E-state index contributed by atoms with van der Waals surface area (Å²) in [7, 11) is 0. The molecule has 0 amide bonds. The van der Waals surface area contributed by atoms with Crippen molar-refractivity contribution in [2.75, 3.05) is 6.61 Å². The summed E-state index contributed by atoms with van der Waals surface area (Å²) in [6.45, 7) is 0.729. The average molecular weight is 351 g/mol. The Morgan fingerprint density at radius 2 is 1.92 bits per heavy atom. The third-order valence-electron chi connectivity index (χ3n) is 7.25. The van der Waals surface area contributed by atoms with Crippen LogP contribution in [0.4, 0.5) is 4.39 Å². The van der Waals surface area contributed by atoms with Gasteiger partial charge in [-0.2, -0.15) is 0 Å². The van der Waals surface area contributed by atoms with Gasteiger partial charge in [-0.15, -0.1) is 0 Å². The highest BCUT2D eigenvalue weighted by atomic mass is 35.5. The summed E-state index contributed by atoms with van der Waals surface area (Å²) in [5.74, 6) is 2.90. The summed E-state index contributed by atoms with van der Waals surface area (Å²) in [5.41, 5.74) is 1.37. The Hall–Kier alpha value is -0.830. The summed E-state index contributed by atoms with van der Waals surface area (Å²) in [4.78, 5) is 11.5. The van der Waals surface area contributed by atoms with Gasteiger partial charge in [-0.25, -0.2) is 4.39 Å². The monoisotopic (exact) mass is 350 g/mol. The second-order valence-corrected chi connectivity index (χ2v) is 9.27. The van der Waals surface area contributed by atoms with Crippen molar-refractivity contribution in [3.63, 3.8) is 0 Å². The standard InChI is InChI=1S/C20H24ClFO2/c21-19(23)16-6-15(13-1-2-13)18(7-17(16)22)24-10-20-8-11-3-12(9-20)5-14(20)4-11/h6-7,11-14,16-17H,1-5,8-10H2. The van der Waals surface area contributed by atoms with Crippen LogP contribution in [0.25, 0.3) is 0 Å². The molecule has 0 spiro atoms. The van der Waals surface area contributed by atoms with Crippen LogP contribution in [0, 0.1) is 35.0 Å². The highest BCUT2D eigenvalue weighted by molar-refractivity contribution is 6.64. The third-order valence-corrected chi connectivity index (χ3v) is 7.50. The van der Waals surface area contributed by atoms with Crippen molar-refractivity contribution >= 4 is 16.8 Å². The molecule has 0 N–H and O–H groups in total. The zero-order chi connectivity index (χ0) is 16.5. The van der Waals surface area contributed by atoms with Gasteiger partial charge in [-0.1, -0.05) is 6.08 Å². The number of hydrogen-bond acceptors (Lipinski definition) is 2. The lowest BCUT2D eigenvalue weighted by atomic mass is 9.76. The van der Waals surface area contributed by atoms with Crippen LogP contribution in [-0.2, 0) is 9.53 Å². The summed E-state index contributed by atoms with van der Waals surface area (Å²) in [5, 5.41) is -0.610. The second-order valence-electron chi connectivity index (χ2n) is 8.90. The van der Waals surface area contributed by atoms with Crippen molar-refractivity contribution in [1.82, 2.24) is 0 Å². The number of carbonyl (C=O) groups is 1. The number of rotatable bonds is 5. The van der Waals surface area contributed by atoms with E-state index >= 15 is 0 Å². The molecular weight excluding hydrogens is 327 g/mol. The number of ether oxygens (including phenoxy) is 1. The maximum atomic E-state index is 14.3. The normalized spacial score (nSPS) is 46.0. The number of alkyl halides is 1. The lowest BCUT2D eigenvalue weighted by molar-refractivity contribution is -0.115. The van der Waals surface area contributed by atoms with Crippen LogP contribution >= 0.6 is 11.6 Å². The van der Waals surface area contributed by atoms with Crippen molar-refractivity contribution < 1.29 is 13.9 Å². The number of allylic oxidation sites excluding steroid dienone is 3. The summed E-state index contributed by atoms with van der Waals surface area (Å²) in [6, 6.07) is 0. The Morgan fingerprint density at radius 3 is 2.54 bits per heavy atom. The molecule has 24 heavy (non-hydrogen) atoms. The largest absolute Gasteiger partial charge is 0.493 e. The van der Waals surface area contributed by atoms with Gasteiger partial charge in [-0.3, -0.25) is 4.79 Å². The van der Waals surface area contributed by atoms with E-state index in [2.05, 4.69) is 0 Å². The fourth-order valence-corrected chi connectivity index (χ4v) is 6.37. The third kappa shape index (κ3) is 2.38. The van der Waals surface area contributed by atoms with Gasteiger partial charge < -0.3 is 4.74 Å². The van der Waals surface area contributed by atoms with E-state index in [-0.39, 0.29) is 0 Å². The minimum absolute atomic E-state index is 0.341. The second kappa shape index (κ2) is 5.33. The molecule has 2 nitrogen and oxygen atoms in total. The van der Waals surface area contributed by atoms with E-state index in [0.717, 1.165) is 42.8 Å². The molecule has 0 aromatic carbocycles. The van der Waals surface area contributed by atoms with Crippen LogP contribution < -0.4 is 0 Å². The lowest BCUT2D eigenvalue weighted by Crippen LogP contribution is -2.30. The number of carbonyl (C=O) groups excluding carboxylic acids is 1. The van der Waals surface area contributed by atoms with E-state index < -0.39 is 17.3 Å². The zero-order valence-corrected chi connectivity index (χ0v) is 14.6. The molecule has 6 rings (SSSR count). The van der Waals surface area contributed by atoms with Gasteiger partial charge in [0.05, 0.1) is 12.5 Å². The van der Waals surface area contributed by atoms with Crippen molar-refractivity contribution in [2.24, 2.45) is 35.0 Å². The van der Waals surface area contributed by atoms with E-state index in [0.29, 0.717) is 17.1 Å². The fourth-order valence-electron chi connectivity index (χ4n) is 6.19. The Labute approximate surface area is 147 Å². The molecule has 0 heterocycles. The molecule has 5 fully saturated rings. The molecule has 4 unspecified atom stereocenters. The number of halogens is 2. The Kier molecular flexibility index (Phi) is 3.43. The minimum atomic E-state index is -1.36. The van der Waals surface area contributed by atoms with E-state index in [4.69, 9.17) is 16.3 Å². The van der Waals surface area contributed by atoms with Gasteiger partial charge >= 0.3 is 0 Å². The molecule has 0 aromatic rings. The van der Waals surface area contributed by atoms with Crippen molar-refractivity contribution in [1.29, 1.82) is 0 Å². The van der Waals surface area contributed by atoms with Gasteiger partial charge in [0.1, 0.15) is 11.9 Å². The smallest absolute Gasteiger partial charge is 0.231 e. The molecule has 6 aliphatic carbocycles. The van der Waals surface area contributed by atoms with Crippen molar-refractivity contribution in [2.45, 2.75) is 51.1 Å². The molecule has 5 saturated carbocycles. The maximum Gasteiger partial charge on any atom is 0.231 e. The predicted molar refractivity (Wildman–Crippen MR) is 90.1 cm³/mol. The van der Waals surface area contributed by atoms with Gasteiger partial charge in [0.25, 0.3) is 0 Å². The first-order valence-electron chi connectivity index (χ1n) is 9.44. The first-order chi connectivity index (χ1) is 11.5. The van der Waals surface area contributed by atoms with Crippen LogP contribution in [-0.4, -0.2) is 18.0 Å². The Morgan fingerprint density at radius 1 is 1.21 bits per heavy atom. The quantitative estimate of drug-likeness (QED) is 0.667. The molecular formula is C20H24ClFO2. The van der Waals surface area contributed by atoms with Gasteiger partial charge in [0.2, 0.25) is 5.24 Å². The molecule has 6 aliphatic rings. The highest BCUT2D eigenvalue weighted by Crippen LogP contribution is 2.65.